The lowest BCUT2D eigenvalue weighted by Crippen LogP contribution is -2.13. The molecule has 1 N–H and O–H groups in total. The molecule has 2 aromatic rings. The van der Waals surface area contributed by atoms with Gasteiger partial charge < -0.3 is 5.11 Å². The van der Waals surface area contributed by atoms with Crippen LogP contribution in [0.5, 0.6) is 0 Å². The lowest BCUT2D eigenvalue weighted by atomic mass is 9.92. The van der Waals surface area contributed by atoms with Gasteiger partial charge in [0.05, 0.1) is 0 Å². The predicted octanol–water partition coefficient (Wildman–Crippen LogP) is 4.70. The van der Waals surface area contributed by atoms with Crippen LogP contribution in [0.1, 0.15) is 16.7 Å². The first-order valence-electron chi connectivity index (χ1n) is 6.69. The van der Waals surface area contributed by atoms with E-state index in [4.69, 9.17) is 23.2 Å². The van der Waals surface area contributed by atoms with Crippen molar-refractivity contribution in [3.8, 4) is 0 Å². The monoisotopic (exact) mass is 308 g/mol. The van der Waals surface area contributed by atoms with Gasteiger partial charge in [-0.1, -0.05) is 59.1 Å². The van der Waals surface area contributed by atoms with Crippen LogP contribution in [-0.2, 0) is 12.8 Å². The number of rotatable bonds is 5. The van der Waals surface area contributed by atoms with Crippen LogP contribution in [0.15, 0.2) is 42.5 Å². The van der Waals surface area contributed by atoms with Gasteiger partial charge in [-0.2, -0.15) is 0 Å². The molecule has 0 aromatic heterocycles. The Balaban J connectivity index is 2.09. The first kappa shape index (κ1) is 15.4. The van der Waals surface area contributed by atoms with Gasteiger partial charge in [-0.3, -0.25) is 0 Å². The van der Waals surface area contributed by atoms with E-state index in [1.807, 2.05) is 18.2 Å². The maximum Gasteiger partial charge on any atom is 0.0465 e. The molecule has 0 fully saturated rings. The first-order chi connectivity index (χ1) is 9.58. The normalized spacial score (nSPS) is 12.4. The Morgan fingerprint density at radius 1 is 1.05 bits per heavy atom. The van der Waals surface area contributed by atoms with E-state index in [1.54, 1.807) is 6.07 Å². The molecule has 0 amide bonds. The Labute approximate surface area is 130 Å². The maximum absolute atomic E-state index is 9.59. The Hall–Kier alpha value is -1.02. The second kappa shape index (κ2) is 7.12. The van der Waals surface area contributed by atoms with Crippen molar-refractivity contribution < 1.29 is 5.11 Å². The Bertz CT molecular complexity index is 581. The summed E-state index contributed by atoms with van der Waals surface area (Å²) in [6, 6.07) is 13.9. The summed E-state index contributed by atoms with van der Waals surface area (Å²) < 4.78 is 0. The van der Waals surface area contributed by atoms with Crippen molar-refractivity contribution in [3.63, 3.8) is 0 Å². The molecule has 0 aliphatic carbocycles. The fourth-order valence-corrected chi connectivity index (χ4v) is 2.86. The van der Waals surface area contributed by atoms with Gasteiger partial charge in [0.15, 0.2) is 0 Å². The van der Waals surface area contributed by atoms with Crippen LogP contribution in [0.2, 0.25) is 10.0 Å². The summed E-state index contributed by atoms with van der Waals surface area (Å²) in [6.45, 7) is 2.22. The van der Waals surface area contributed by atoms with Crippen molar-refractivity contribution in [2.24, 2.45) is 5.92 Å². The van der Waals surface area contributed by atoms with Gasteiger partial charge in [0.25, 0.3) is 0 Å². The molecule has 0 saturated carbocycles. The van der Waals surface area contributed by atoms with Crippen molar-refractivity contribution in [1.29, 1.82) is 0 Å². The third kappa shape index (κ3) is 4.24. The van der Waals surface area contributed by atoms with Gasteiger partial charge in [-0.15, -0.1) is 0 Å². The van der Waals surface area contributed by atoms with Gasteiger partial charge in [0.2, 0.25) is 0 Å². The van der Waals surface area contributed by atoms with E-state index >= 15 is 0 Å². The number of hydrogen-bond donors (Lipinski definition) is 1. The summed E-state index contributed by atoms with van der Waals surface area (Å²) in [5, 5.41) is 10.9. The van der Waals surface area contributed by atoms with Crippen molar-refractivity contribution in [1.82, 2.24) is 0 Å². The van der Waals surface area contributed by atoms with E-state index in [0.717, 1.165) is 18.4 Å². The zero-order valence-corrected chi connectivity index (χ0v) is 13.0. The van der Waals surface area contributed by atoms with Crippen molar-refractivity contribution in [2.45, 2.75) is 19.8 Å². The third-order valence-corrected chi connectivity index (χ3v) is 3.98. The molecule has 0 saturated heterocycles. The molecule has 20 heavy (non-hydrogen) atoms. The second-order valence-electron chi connectivity index (χ2n) is 5.18. The molecule has 3 heteroatoms. The highest BCUT2D eigenvalue weighted by molar-refractivity contribution is 6.35. The zero-order chi connectivity index (χ0) is 14.5. The Morgan fingerprint density at radius 3 is 2.50 bits per heavy atom. The highest BCUT2D eigenvalue weighted by atomic mass is 35.5. The summed E-state index contributed by atoms with van der Waals surface area (Å²) >= 11 is 12.1. The molecule has 1 atom stereocenters. The Kier molecular flexibility index (Phi) is 5.47. The minimum Gasteiger partial charge on any atom is -0.396 e. The smallest absolute Gasteiger partial charge is 0.0465 e. The molecule has 0 heterocycles. The standard InChI is InChI=1S/C17H18Cl2O/c1-12-3-2-4-13(7-12)8-14(11-20)9-15-5-6-16(18)10-17(15)19/h2-7,10,14,20H,8-9,11H2,1H3. The summed E-state index contributed by atoms with van der Waals surface area (Å²) in [7, 11) is 0. The molecule has 2 rings (SSSR count). The summed E-state index contributed by atoms with van der Waals surface area (Å²) in [5.74, 6) is 0.162. The van der Waals surface area contributed by atoms with Gasteiger partial charge in [0.1, 0.15) is 0 Å². The second-order valence-corrected chi connectivity index (χ2v) is 6.03. The third-order valence-electron chi connectivity index (χ3n) is 3.39. The van der Waals surface area contributed by atoms with Crippen LogP contribution >= 0.6 is 23.2 Å². The molecule has 0 spiro atoms. The molecule has 1 unspecified atom stereocenters. The number of aryl methyl sites for hydroxylation is 1. The minimum absolute atomic E-state index is 0.146. The zero-order valence-electron chi connectivity index (χ0n) is 11.4. The minimum atomic E-state index is 0.146. The van der Waals surface area contributed by atoms with E-state index < -0.39 is 0 Å². The highest BCUT2D eigenvalue weighted by Crippen LogP contribution is 2.24. The molecule has 0 bridgehead atoms. The molecule has 0 aliphatic heterocycles. The fourth-order valence-electron chi connectivity index (χ4n) is 2.37. The largest absolute Gasteiger partial charge is 0.396 e. The van der Waals surface area contributed by atoms with Crippen LogP contribution in [0.4, 0.5) is 0 Å². The number of aliphatic hydroxyl groups excluding tert-OH is 1. The van der Waals surface area contributed by atoms with Gasteiger partial charge in [-0.25, -0.2) is 0 Å². The van der Waals surface area contributed by atoms with Crippen molar-refractivity contribution in [2.75, 3.05) is 6.61 Å². The SMILES string of the molecule is Cc1cccc(CC(CO)Cc2ccc(Cl)cc2Cl)c1. The lowest BCUT2D eigenvalue weighted by molar-refractivity contribution is 0.225. The molecule has 106 valence electrons. The number of hydrogen-bond acceptors (Lipinski definition) is 1. The Morgan fingerprint density at radius 2 is 1.85 bits per heavy atom. The van der Waals surface area contributed by atoms with E-state index in [2.05, 4.69) is 25.1 Å². The number of benzene rings is 2. The summed E-state index contributed by atoms with van der Waals surface area (Å²) in [6.07, 6.45) is 1.59. The van der Waals surface area contributed by atoms with Gasteiger partial charge >= 0.3 is 0 Å². The quantitative estimate of drug-likeness (QED) is 0.849. The average molecular weight is 309 g/mol. The summed E-state index contributed by atoms with van der Waals surface area (Å²) in [4.78, 5) is 0. The van der Waals surface area contributed by atoms with Crippen LogP contribution in [0.25, 0.3) is 0 Å². The molecule has 1 nitrogen and oxygen atoms in total. The molecular weight excluding hydrogens is 291 g/mol. The van der Waals surface area contributed by atoms with E-state index in [-0.39, 0.29) is 12.5 Å². The topological polar surface area (TPSA) is 20.2 Å². The van der Waals surface area contributed by atoms with Crippen LogP contribution in [0, 0.1) is 12.8 Å². The molecule has 0 radical (unpaired) electrons. The molecule has 2 aromatic carbocycles. The van der Waals surface area contributed by atoms with Crippen LogP contribution in [-0.4, -0.2) is 11.7 Å². The van der Waals surface area contributed by atoms with E-state index in [0.29, 0.717) is 10.0 Å². The van der Waals surface area contributed by atoms with Gasteiger partial charge in [-0.05, 0) is 48.9 Å². The number of halogens is 2. The maximum atomic E-state index is 9.59. The van der Waals surface area contributed by atoms with E-state index in [1.165, 1.54) is 11.1 Å². The first-order valence-corrected chi connectivity index (χ1v) is 7.44. The van der Waals surface area contributed by atoms with Gasteiger partial charge in [0, 0.05) is 16.7 Å². The van der Waals surface area contributed by atoms with E-state index in [9.17, 15) is 5.11 Å². The lowest BCUT2D eigenvalue weighted by Gasteiger charge is -2.15. The highest BCUT2D eigenvalue weighted by Gasteiger charge is 2.12. The van der Waals surface area contributed by atoms with Crippen LogP contribution < -0.4 is 0 Å². The molecule has 0 aliphatic rings. The predicted molar refractivity (Wildman–Crippen MR) is 85.6 cm³/mol. The fraction of sp³-hybridized carbons (Fsp3) is 0.294. The van der Waals surface area contributed by atoms with Crippen LogP contribution in [0.3, 0.4) is 0 Å². The molecular formula is C17H18Cl2O. The average Bonchev–Trinajstić information content (AvgIpc) is 2.41. The number of aliphatic hydroxyl groups is 1. The van der Waals surface area contributed by atoms with Crippen molar-refractivity contribution in [3.05, 3.63) is 69.2 Å². The van der Waals surface area contributed by atoms with Crippen molar-refractivity contribution >= 4 is 23.2 Å². The summed E-state index contributed by atoms with van der Waals surface area (Å²) in [5.41, 5.74) is 3.51.